The van der Waals surface area contributed by atoms with Gasteiger partial charge in [-0.05, 0) is 13.8 Å². The molecular weight excluding hydrogens is 178 g/mol. The summed E-state index contributed by atoms with van der Waals surface area (Å²) in [6, 6.07) is 0. The van der Waals surface area contributed by atoms with E-state index < -0.39 is 0 Å². The third-order valence-corrected chi connectivity index (χ3v) is 2.59. The summed E-state index contributed by atoms with van der Waals surface area (Å²) in [5.74, 6) is 0. The quantitative estimate of drug-likeness (QED) is 0.621. The summed E-state index contributed by atoms with van der Waals surface area (Å²) in [6.45, 7) is 8.72. The molecule has 1 saturated heterocycles. The van der Waals surface area contributed by atoms with Gasteiger partial charge in [-0.25, -0.2) is 5.01 Å². The number of ether oxygens (including phenoxy) is 1. The molecular formula is C10H17N3O. The summed E-state index contributed by atoms with van der Waals surface area (Å²) in [7, 11) is 0. The zero-order valence-corrected chi connectivity index (χ0v) is 8.86. The van der Waals surface area contributed by atoms with Gasteiger partial charge in [0, 0.05) is 30.7 Å². The molecule has 4 heteroatoms. The second kappa shape index (κ2) is 4.11. The van der Waals surface area contributed by atoms with E-state index in [1.54, 1.807) is 0 Å². The van der Waals surface area contributed by atoms with Crippen LogP contribution >= 0.6 is 0 Å². The fraction of sp³-hybridized carbons (Fsp3) is 0.700. The van der Waals surface area contributed by atoms with E-state index in [0.717, 1.165) is 32.8 Å². The minimum atomic E-state index is 0.833. The van der Waals surface area contributed by atoms with Crippen LogP contribution in [0.1, 0.15) is 13.8 Å². The molecule has 0 radical (unpaired) electrons. The third-order valence-electron chi connectivity index (χ3n) is 2.59. The van der Waals surface area contributed by atoms with E-state index in [4.69, 9.17) is 4.74 Å². The van der Waals surface area contributed by atoms with E-state index in [0.29, 0.717) is 0 Å². The number of nitrogens with zero attached hydrogens (tertiary/aromatic N) is 3. The molecule has 0 aliphatic carbocycles. The van der Waals surface area contributed by atoms with Gasteiger partial charge in [0.25, 0.3) is 0 Å². The average Bonchev–Trinajstić information content (AvgIpc) is 2.23. The standard InChI is InChI=1S/C10H17N3O/c1-9-8-13(10(2)7-11-9)12-3-5-14-6-4-12/h7H,3-6,8H2,1-2H3. The Kier molecular flexibility index (Phi) is 2.84. The zero-order chi connectivity index (χ0) is 9.97. The second-order valence-corrected chi connectivity index (χ2v) is 3.76. The highest BCUT2D eigenvalue weighted by Gasteiger charge is 2.20. The van der Waals surface area contributed by atoms with Crippen LogP contribution in [0.2, 0.25) is 0 Å². The molecule has 2 aliphatic heterocycles. The summed E-state index contributed by atoms with van der Waals surface area (Å²) in [6.07, 6.45) is 1.94. The van der Waals surface area contributed by atoms with E-state index in [2.05, 4.69) is 28.9 Å². The lowest BCUT2D eigenvalue weighted by Gasteiger charge is -2.40. The molecule has 0 aromatic carbocycles. The predicted octanol–water partition coefficient (Wildman–Crippen LogP) is 0.871. The Morgan fingerprint density at radius 3 is 2.71 bits per heavy atom. The Morgan fingerprint density at radius 1 is 1.29 bits per heavy atom. The van der Waals surface area contributed by atoms with E-state index in [1.165, 1.54) is 11.4 Å². The van der Waals surface area contributed by atoms with Crippen molar-refractivity contribution < 1.29 is 4.74 Å². The van der Waals surface area contributed by atoms with Crippen molar-refractivity contribution in [2.45, 2.75) is 13.8 Å². The van der Waals surface area contributed by atoms with Gasteiger partial charge in [0.15, 0.2) is 0 Å². The lowest BCUT2D eigenvalue weighted by molar-refractivity contribution is -0.0632. The molecule has 0 atom stereocenters. The summed E-state index contributed by atoms with van der Waals surface area (Å²) in [5.41, 5.74) is 2.39. The van der Waals surface area contributed by atoms with Crippen LogP contribution < -0.4 is 0 Å². The van der Waals surface area contributed by atoms with Crippen LogP contribution in [-0.4, -0.2) is 48.6 Å². The number of morpholine rings is 1. The first-order valence-electron chi connectivity index (χ1n) is 5.07. The van der Waals surface area contributed by atoms with Crippen LogP contribution in [0.4, 0.5) is 0 Å². The van der Waals surface area contributed by atoms with Crippen molar-refractivity contribution in [1.82, 2.24) is 10.0 Å². The number of aliphatic imine (C=N–C) groups is 1. The van der Waals surface area contributed by atoms with Gasteiger partial charge < -0.3 is 9.75 Å². The third kappa shape index (κ3) is 1.96. The molecule has 0 aromatic rings. The molecule has 0 amide bonds. The summed E-state index contributed by atoms with van der Waals surface area (Å²) >= 11 is 0. The smallest absolute Gasteiger partial charge is 0.0724 e. The SMILES string of the molecule is CC1=CN=C(C)CN1N1CCOCC1. The van der Waals surface area contributed by atoms with Crippen LogP contribution in [0.25, 0.3) is 0 Å². The second-order valence-electron chi connectivity index (χ2n) is 3.76. The maximum atomic E-state index is 5.33. The van der Waals surface area contributed by atoms with Crippen molar-refractivity contribution in [1.29, 1.82) is 0 Å². The van der Waals surface area contributed by atoms with Crippen LogP contribution in [0.5, 0.6) is 0 Å². The van der Waals surface area contributed by atoms with Crippen molar-refractivity contribution in [3.8, 4) is 0 Å². The molecule has 0 spiro atoms. The van der Waals surface area contributed by atoms with Gasteiger partial charge in [0.2, 0.25) is 0 Å². The average molecular weight is 195 g/mol. The van der Waals surface area contributed by atoms with Gasteiger partial charge in [-0.1, -0.05) is 0 Å². The summed E-state index contributed by atoms with van der Waals surface area (Å²) in [4.78, 5) is 4.31. The predicted molar refractivity (Wildman–Crippen MR) is 56.0 cm³/mol. The van der Waals surface area contributed by atoms with Gasteiger partial charge in [-0.15, -0.1) is 0 Å². The molecule has 0 unspecified atom stereocenters. The molecule has 78 valence electrons. The molecule has 0 N–H and O–H groups in total. The van der Waals surface area contributed by atoms with Gasteiger partial charge in [0.1, 0.15) is 0 Å². The van der Waals surface area contributed by atoms with Crippen LogP contribution in [0.15, 0.2) is 16.9 Å². The lowest BCUT2D eigenvalue weighted by Crippen LogP contribution is -2.50. The maximum absolute atomic E-state index is 5.33. The number of allylic oxidation sites excluding steroid dienone is 1. The van der Waals surface area contributed by atoms with Gasteiger partial charge >= 0.3 is 0 Å². The molecule has 0 aromatic heterocycles. The highest BCUT2D eigenvalue weighted by molar-refractivity contribution is 5.85. The highest BCUT2D eigenvalue weighted by atomic mass is 16.5. The minimum Gasteiger partial charge on any atom is -0.379 e. The fourth-order valence-corrected chi connectivity index (χ4v) is 1.77. The van der Waals surface area contributed by atoms with Crippen molar-refractivity contribution in [2.24, 2.45) is 4.99 Å². The van der Waals surface area contributed by atoms with E-state index in [9.17, 15) is 0 Å². The van der Waals surface area contributed by atoms with Crippen LogP contribution in [-0.2, 0) is 4.74 Å². The molecule has 14 heavy (non-hydrogen) atoms. The molecule has 2 rings (SSSR count). The summed E-state index contributed by atoms with van der Waals surface area (Å²) < 4.78 is 5.33. The maximum Gasteiger partial charge on any atom is 0.0724 e. The zero-order valence-electron chi connectivity index (χ0n) is 8.86. The van der Waals surface area contributed by atoms with E-state index in [-0.39, 0.29) is 0 Å². The Morgan fingerprint density at radius 2 is 2.00 bits per heavy atom. The Hall–Kier alpha value is -0.870. The number of hydrogen-bond acceptors (Lipinski definition) is 4. The first-order valence-corrected chi connectivity index (χ1v) is 5.07. The van der Waals surface area contributed by atoms with Crippen molar-refractivity contribution in [3.63, 3.8) is 0 Å². The monoisotopic (exact) mass is 195 g/mol. The lowest BCUT2D eigenvalue weighted by atomic mass is 10.3. The largest absolute Gasteiger partial charge is 0.379 e. The molecule has 2 aliphatic rings. The number of hydrazine groups is 1. The Labute approximate surface area is 84.8 Å². The Balaban J connectivity index is 2.03. The molecule has 0 bridgehead atoms. The molecule has 4 nitrogen and oxygen atoms in total. The highest BCUT2D eigenvalue weighted by Crippen LogP contribution is 2.14. The van der Waals surface area contributed by atoms with Crippen molar-refractivity contribution >= 4 is 5.71 Å². The molecule has 0 saturated carbocycles. The van der Waals surface area contributed by atoms with Gasteiger partial charge in [0.05, 0.1) is 19.8 Å². The fourth-order valence-electron chi connectivity index (χ4n) is 1.77. The summed E-state index contributed by atoms with van der Waals surface area (Å²) in [5, 5.41) is 4.64. The minimum absolute atomic E-state index is 0.833. The number of hydrogen-bond donors (Lipinski definition) is 0. The normalized spacial score (nSPS) is 24.6. The number of rotatable bonds is 1. The van der Waals surface area contributed by atoms with Crippen molar-refractivity contribution in [2.75, 3.05) is 32.8 Å². The topological polar surface area (TPSA) is 28.1 Å². The van der Waals surface area contributed by atoms with Gasteiger partial charge in [-0.2, -0.15) is 0 Å². The molecule has 2 heterocycles. The van der Waals surface area contributed by atoms with Crippen molar-refractivity contribution in [3.05, 3.63) is 11.9 Å². The van der Waals surface area contributed by atoms with E-state index >= 15 is 0 Å². The first kappa shape index (κ1) is 9.68. The Bertz CT molecular complexity index is 267. The van der Waals surface area contributed by atoms with Crippen LogP contribution in [0.3, 0.4) is 0 Å². The van der Waals surface area contributed by atoms with Crippen LogP contribution in [0, 0.1) is 0 Å². The first-order chi connectivity index (χ1) is 6.77. The van der Waals surface area contributed by atoms with Gasteiger partial charge in [-0.3, -0.25) is 4.99 Å². The van der Waals surface area contributed by atoms with E-state index in [1.807, 2.05) is 6.20 Å². The molecule has 1 fully saturated rings.